The first kappa shape index (κ1) is 16.7. The maximum absolute atomic E-state index is 13.4. The zero-order valence-corrected chi connectivity index (χ0v) is 14.1. The van der Waals surface area contributed by atoms with Gasteiger partial charge in [0.05, 0.1) is 29.5 Å². The Kier molecular flexibility index (Phi) is 4.73. The first-order valence-corrected chi connectivity index (χ1v) is 9.16. The molecule has 0 unspecified atom stereocenters. The van der Waals surface area contributed by atoms with Crippen molar-refractivity contribution in [2.75, 3.05) is 35.9 Å². The SMILES string of the molecule is Cc1cc(S(=O)(=O)Nc2ccccc2N2CCOCC2)ccc1F. The number of rotatable bonds is 4. The van der Waals surface area contributed by atoms with Crippen molar-refractivity contribution in [2.24, 2.45) is 0 Å². The molecule has 1 N–H and O–H groups in total. The summed E-state index contributed by atoms with van der Waals surface area (Å²) in [6.07, 6.45) is 0. The molecule has 0 aliphatic carbocycles. The van der Waals surface area contributed by atoms with Crippen molar-refractivity contribution in [3.8, 4) is 0 Å². The summed E-state index contributed by atoms with van der Waals surface area (Å²) in [7, 11) is -3.79. The number of hydrogen-bond donors (Lipinski definition) is 1. The van der Waals surface area contributed by atoms with Crippen LogP contribution < -0.4 is 9.62 Å². The highest BCUT2D eigenvalue weighted by atomic mass is 32.2. The molecule has 0 aromatic heterocycles. The molecule has 1 saturated heterocycles. The lowest BCUT2D eigenvalue weighted by Crippen LogP contribution is -2.36. The molecule has 0 radical (unpaired) electrons. The van der Waals surface area contributed by atoms with Gasteiger partial charge in [-0.3, -0.25) is 4.72 Å². The van der Waals surface area contributed by atoms with E-state index in [4.69, 9.17) is 4.74 Å². The first-order chi connectivity index (χ1) is 11.5. The van der Waals surface area contributed by atoms with Crippen LogP contribution in [0, 0.1) is 12.7 Å². The van der Waals surface area contributed by atoms with Crippen LogP contribution in [0.5, 0.6) is 0 Å². The normalized spacial score (nSPS) is 15.3. The number of ether oxygens (including phenoxy) is 1. The monoisotopic (exact) mass is 350 g/mol. The molecule has 2 aromatic carbocycles. The number of morpholine rings is 1. The third kappa shape index (κ3) is 3.52. The predicted octanol–water partition coefficient (Wildman–Crippen LogP) is 2.77. The number of nitrogens with zero attached hydrogens (tertiary/aromatic N) is 1. The number of para-hydroxylation sites is 2. The van der Waals surface area contributed by atoms with Crippen molar-refractivity contribution in [2.45, 2.75) is 11.8 Å². The lowest BCUT2D eigenvalue weighted by Gasteiger charge is -2.30. The second-order valence-corrected chi connectivity index (χ2v) is 7.32. The minimum absolute atomic E-state index is 0.0400. The van der Waals surface area contributed by atoms with Crippen molar-refractivity contribution < 1.29 is 17.5 Å². The molecule has 0 amide bonds. The van der Waals surface area contributed by atoms with Gasteiger partial charge in [-0.25, -0.2) is 12.8 Å². The molecule has 24 heavy (non-hydrogen) atoms. The van der Waals surface area contributed by atoms with E-state index in [0.717, 1.165) is 11.8 Å². The molecule has 2 aromatic rings. The Bertz CT molecular complexity index is 833. The largest absolute Gasteiger partial charge is 0.378 e. The Morgan fingerprint density at radius 2 is 1.83 bits per heavy atom. The van der Waals surface area contributed by atoms with Gasteiger partial charge in [-0.1, -0.05) is 12.1 Å². The summed E-state index contributed by atoms with van der Waals surface area (Å²) >= 11 is 0. The minimum Gasteiger partial charge on any atom is -0.378 e. The van der Waals surface area contributed by atoms with E-state index >= 15 is 0 Å². The van der Waals surface area contributed by atoms with Crippen LogP contribution in [0.2, 0.25) is 0 Å². The fraction of sp³-hybridized carbons (Fsp3) is 0.294. The molecule has 0 atom stereocenters. The van der Waals surface area contributed by atoms with E-state index in [1.54, 1.807) is 12.1 Å². The lowest BCUT2D eigenvalue weighted by atomic mass is 10.2. The standard InChI is InChI=1S/C17H19FN2O3S/c1-13-12-14(6-7-15(13)18)24(21,22)19-16-4-2-3-5-17(16)20-8-10-23-11-9-20/h2-7,12,19H,8-11H2,1H3. The van der Waals surface area contributed by atoms with Crippen LogP contribution in [0.3, 0.4) is 0 Å². The smallest absolute Gasteiger partial charge is 0.261 e. The number of nitrogens with one attached hydrogen (secondary N) is 1. The average Bonchev–Trinajstić information content (AvgIpc) is 2.58. The van der Waals surface area contributed by atoms with E-state index in [-0.39, 0.29) is 4.90 Å². The van der Waals surface area contributed by atoms with Crippen LogP contribution in [0.4, 0.5) is 15.8 Å². The van der Waals surface area contributed by atoms with Crippen LogP contribution in [0.25, 0.3) is 0 Å². The van der Waals surface area contributed by atoms with Gasteiger partial charge in [-0.05, 0) is 42.8 Å². The molecule has 5 nitrogen and oxygen atoms in total. The topological polar surface area (TPSA) is 58.6 Å². The van der Waals surface area contributed by atoms with E-state index < -0.39 is 15.8 Å². The number of halogens is 1. The van der Waals surface area contributed by atoms with Crippen molar-refractivity contribution in [1.82, 2.24) is 0 Å². The number of sulfonamides is 1. The summed E-state index contributed by atoms with van der Waals surface area (Å²) in [5.74, 6) is -0.428. The van der Waals surface area contributed by atoms with Crippen LogP contribution in [-0.4, -0.2) is 34.7 Å². The molecule has 1 fully saturated rings. The fourth-order valence-electron chi connectivity index (χ4n) is 2.63. The van der Waals surface area contributed by atoms with Crippen molar-refractivity contribution >= 4 is 21.4 Å². The Hall–Kier alpha value is -2.12. The first-order valence-electron chi connectivity index (χ1n) is 7.68. The van der Waals surface area contributed by atoms with E-state index in [0.29, 0.717) is 37.6 Å². The molecule has 7 heteroatoms. The highest BCUT2D eigenvalue weighted by Crippen LogP contribution is 2.28. The van der Waals surface area contributed by atoms with Gasteiger partial charge in [-0.2, -0.15) is 0 Å². The minimum atomic E-state index is -3.79. The number of aryl methyl sites for hydroxylation is 1. The quantitative estimate of drug-likeness (QED) is 0.921. The lowest BCUT2D eigenvalue weighted by molar-refractivity contribution is 0.123. The molecule has 128 valence electrons. The maximum atomic E-state index is 13.4. The van der Waals surface area contributed by atoms with Crippen molar-refractivity contribution in [3.63, 3.8) is 0 Å². The van der Waals surface area contributed by atoms with E-state index in [2.05, 4.69) is 9.62 Å². The number of anilines is 2. The summed E-state index contributed by atoms with van der Waals surface area (Å²) < 4.78 is 46.6. The van der Waals surface area contributed by atoms with Gasteiger partial charge < -0.3 is 9.64 Å². The zero-order chi connectivity index (χ0) is 17.2. The molecular weight excluding hydrogens is 331 g/mol. The second kappa shape index (κ2) is 6.78. The molecule has 1 heterocycles. The summed E-state index contributed by atoms with van der Waals surface area (Å²) in [4.78, 5) is 2.12. The molecule has 0 spiro atoms. The van der Waals surface area contributed by atoms with E-state index in [9.17, 15) is 12.8 Å². The summed E-state index contributed by atoms with van der Waals surface area (Å²) in [5.41, 5.74) is 1.60. The Morgan fingerprint density at radius 3 is 2.54 bits per heavy atom. The van der Waals surface area contributed by atoms with Crippen molar-refractivity contribution in [3.05, 3.63) is 53.8 Å². The number of hydrogen-bond acceptors (Lipinski definition) is 4. The van der Waals surface area contributed by atoms with Gasteiger partial charge in [0, 0.05) is 13.1 Å². The summed E-state index contributed by atoms with van der Waals surface area (Å²) in [5, 5.41) is 0. The summed E-state index contributed by atoms with van der Waals surface area (Å²) in [6, 6.07) is 11.0. The van der Waals surface area contributed by atoms with Crippen LogP contribution in [0.15, 0.2) is 47.4 Å². The molecule has 0 bridgehead atoms. The summed E-state index contributed by atoms with van der Waals surface area (Å²) in [6.45, 7) is 4.16. The molecular formula is C17H19FN2O3S. The van der Waals surface area contributed by atoms with E-state index in [1.165, 1.54) is 19.1 Å². The Labute approximate surface area is 141 Å². The van der Waals surface area contributed by atoms with Crippen molar-refractivity contribution in [1.29, 1.82) is 0 Å². The van der Waals surface area contributed by atoms with Gasteiger partial charge >= 0.3 is 0 Å². The molecule has 1 aliphatic rings. The van der Waals surface area contributed by atoms with Crippen LogP contribution in [0.1, 0.15) is 5.56 Å². The molecule has 3 rings (SSSR count). The highest BCUT2D eigenvalue weighted by molar-refractivity contribution is 7.92. The average molecular weight is 350 g/mol. The fourth-order valence-corrected chi connectivity index (χ4v) is 3.79. The number of benzene rings is 2. The Balaban J connectivity index is 1.91. The van der Waals surface area contributed by atoms with Gasteiger partial charge in [0.25, 0.3) is 10.0 Å². The van der Waals surface area contributed by atoms with Gasteiger partial charge in [-0.15, -0.1) is 0 Å². The van der Waals surface area contributed by atoms with Gasteiger partial charge in [0.2, 0.25) is 0 Å². The Morgan fingerprint density at radius 1 is 1.12 bits per heavy atom. The van der Waals surface area contributed by atoms with Gasteiger partial charge in [0.1, 0.15) is 5.82 Å². The van der Waals surface area contributed by atoms with Crippen LogP contribution >= 0.6 is 0 Å². The molecule has 0 saturated carbocycles. The highest BCUT2D eigenvalue weighted by Gasteiger charge is 2.20. The molecule has 1 aliphatic heterocycles. The second-order valence-electron chi connectivity index (χ2n) is 5.63. The zero-order valence-electron chi connectivity index (χ0n) is 13.3. The third-order valence-corrected chi connectivity index (χ3v) is 5.30. The van der Waals surface area contributed by atoms with Gasteiger partial charge in [0.15, 0.2) is 0 Å². The van der Waals surface area contributed by atoms with E-state index in [1.807, 2.05) is 12.1 Å². The van der Waals surface area contributed by atoms with Crippen LogP contribution in [-0.2, 0) is 14.8 Å². The maximum Gasteiger partial charge on any atom is 0.261 e. The predicted molar refractivity (Wildman–Crippen MR) is 91.4 cm³/mol. The third-order valence-electron chi connectivity index (χ3n) is 3.94.